The van der Waals surface area contributed by atoms with Gasteiger partial charge in [-0.1, -0.05) is 23.7 Å². The Morgan fingerprint density at radius 1 is 1.21 bits per heavy atom. The zero-order chi connectivity index (χ0) is 19.7. The molecule has 142 valence electrons. The number of pyridine rings is 1. The highest BCUT2D eigenvalue weighted by Gasteiger charge is 2.34. The minimum Gasteiger partial charge on any atom is -0.467 e. The van der Waals surface area contributed by atoms with Gasteiger partial charge in [-0.05, 0) is 51.8 Å². The highest BCUT2D eigenvalue weighted by Crippen LogP contribution is 2.33. The molecule has 0 saturated heterocycles. The number of carbonyl (C=O) groups is 1. The van der Waals surface area contributed by atoms with Gasteiger partial charge in [0, 0.05) is 28.2 Å². The maximum Gasteiger partial charge on any atom is 0.263 e. The van der Waals surface area contributed by atoms with E-state index in [1.54, 1.807) is 36.7 Å². The normalized spacial score (nSPS) is 16.3. The van der Waals surface area contributed by atoms with Gasteiger partial charge in [0.25, 0.3) is 11.5 Å². The number of benzene rings is 1. The number of furan rings is 1. The number of rotatable bonds is 4. The minimum atomic E-state index is -0.365. The summed E-state index contributed by atoms with van der Waals surface area (Å²) < 4.78 is 7.60. The molecule has 1 unspecified atom stereocenters. The largest absolute Gasteiger partial charge is 0.467 e. The number of halogens is 2. The Bertz CT molecular complexity index is 1090. The monoisotopic (exact) mass is 459 g/mol. The summed E-state index contributed by atoms with van der Waals surface area (Å²) in [6, 6.07) is 13.6. The molecule has 2 aromatic heterocycles. The zero-order valence-corrected chi connectivity index (χ0v) is 16.9. The van der Waals surface area contributed by atoms with Crippen molar-refractivity contribution in [2.75, 3.05) is 0 Å². The van der Waals surface area contributed by atoms with Gasteiger partial charge in [-0.15, -0.1) is 0 Å². The minimum absolute atomic E-state index is 0.118. The lowest BCUT2D eigenvalue weighted by Gasteiger charge is -2.20. The standard InChI is InChI=1S/C20H15BrClN3O3/c21-14-5-8-19(26)24(11-14)12-20(27)25-17(18-2-1-9-28-18)10-16(23-25)13-3-6-15(22)7-4-13/h1-9,11,17H,10,12H2. The number of amides is 1. The van der Waals surface area contributed by atoms with Crippen molar-refractivity contribution in [3.05, 3.63) is 92.2 Å². The first-order valence-electron chi connectivity index (χ1n) is 8.56. The third-order valence-electron chi connectivity index (χ3n) is 4.47. The molecule has 1 aromatic carbocycles. The van der Waals surface area contributed by atoms with Crippen LogP contribution in [-0.4, -0.2) is 21.2 Å². The van der Waals surface area contributed by atoms with Crippen molar-refractivity contribution < 1.29 is 9.21 Å². The molecule has 1 amide bonds. The summed E-state index contributed by atoms with van der Waals surface area (Å²) in [6.45, 7) is -0.118. The van der Waals surface area contributed by atoms with Gasteiger partial charge in [-0.3, -0.25) is 9.59 Å². The summed E-state index contributed by atoms with van der Waals surface area (Å²) in [7, 11) is 0. The van der Waals surface area contributed by atoms with Gasteiger partial charge in [-0.25, -0.2) is 5.01 Å². The van der Waals surface area contributed by atoms with Gasteiger partial charge in [0.2, 0.25) is 0 Å². The Kier molecular flexibility index (Phi) is 5.19. The van der Waals surface area contributed by atoms with Gasteiger partial charge in [0.1, 0.15) is 18.3 Å². The average Bonchev–Trinajstić information content (AvgIpc) is 3.34. The molecule has 0 bridgehead atoms. The van der Waals surface area contributed by atoms with Gasteiger partial charge in [0.05, 0.1) is 12.0 Å². The number of hydrazone groups is 1. The molecule has 1 aliphatic rings. The van der Waals surface area contributed by atoms with Crippen molar-refractivity contribution >= 4 is 39.1 Å². The highest BCUT2D eigenvalue weighted by molar-refractivity contribution is 9.10. The average molecular weight is 461 g/mol. The molecule has 0 aliphatic carbocycles. The molecular weight excluding hydrogens is 446 g/mol. The lowest BCUT2D eigenvalue weighted by Crippen LogP contribution is -2.33. The van der Waals surface area contributed by atoms with Crippen molar-refractivity contribution in [1.29, 1.82) is 0 Å². The number of hydrogen-bond donors (Lipinski definition) is 0. The van der Waals surface area contributed by atoms with Gasteiger partial charge in [-0.2, -0.15) is 5.10 Å². The molecule has 0 saturated carbocycles. The van der Waals surface area contributed by atoms with Crippen LogP contribution in [0.15, 0.2) is 79.8 Å². The molecule has 1 atom stereocenters. The predicted molar refractivity (Wildman–Crippen MR) is 109 cm³/mol. The van der Waals surface area contributed by atoms with Crippen molar-refractivity contribution in [3.8, 4) is 0 Å². The van der Waals surface area contributed by atoms with Crippen LogP contribution in [0.25, 0.3) is 0 Å². The van der Waals surface area contributed by atoms with Crippen LogP contribution in [0, 0.1) is 0 Å². The first-order chi connectivity index (χ1) is 13.5. The van der Waals surface area contributed by atoms with E-state index in [4.69, 9.17) is 16.0 Å². The van der Waals surface area contributed by atoms with E-state index >= 15 is 0 Å². The number of hydrogen-bond acceptors (Lipinski definition) is 4. The van der Waals surface area contributed by atoms with Crippen LogP contribution < -0.4 is 5.56 Å². The lowest BCUT2D eigenvalue weighted by atomic mass is 10.0. The van der Waals surface area contributed by atoms with Crippen molar-refractivity contribution in [1.82, 2.24) is 9.58 Å². The van der Waals surface area contributed by atoms with Crippen LogP contribution in [0.4, 0.5) is 0 Å². The highest BCUT2D eigenvalue weighted by atomic mass is 79.9. The maximum absolute atomic E-state index is 13.0. The molecule has 0 radical (unpaired) electrons. The van der Waals surface area contributed by atoms with Gasteiger partial charge in [0.15, 0.2) is 0 Å². The Morgan fingerprint density at radius 3 is 2.71 bits per heavy atom. The van der Waals surface area contributed by atoms with E-state index < -0.39 is 0 Å². The Balaban J connectivity index is 1.66. The van der Waals surface area contributed by atoms with Crippen molar-refractivity contribution in [2.24, 2.45) is 5.10 Å². The summed E-state index contributed by atoms with van der Waals surface area (Å²) >= 11 is 9.29. The van der Waals surface area contributed by atoms with Crippen molar-refractivity contribution in [3.63, 3.8) is 0 Å². The molecule has 6 nitrogen and oxygen atoms in total. The van der Waals surface area contributed by atoms with E-state index in [1.807, 2.05) is 18.2 Å². The second-order valence-electron chi connectivity index (χ2n) is 6.34. The molecule has 8 heteroatoms. The topological polar surface area (TPSA) is 67.8 Å². The van der Waals surface area contributed by atoms with E-state index in [-0.39, 0.29) is 24.1 Å². The van der Waals surface area contributed by atoms with E-state index in [0.29, 0.717) is 21.7 Å². The molecule has 3 heterocycles. The fourth-order valence-corrected chi connectivity index (χ4v) is 3.61. The fourth-order valence-electron chi connectivity index (χ4n) is 3.10. The van der Waals surface area contributed by atoms with Crippen LogP contribution in [0.2, 0.25) is 5.02 Å². The number of nitrogens with zero attached hydrogens (tertiary/aromatic N) is 3. The van der Waals surface area contributed by atoms with Crippen LogP contribution in [0.3, 0.4) is 0 Å². The first kappa shape index (κ1) is 18.7. The second-order valence-corrected chi connectivity index (χ2v) is 7.69. The van der Waals surface area contributed by atoms with E-state index in [1.165, 1.54) is 15.6 Å². The molecule has 28 heavy (non-hydrogen) atoms. The predicted octanol–water partition coefficient (Wildman–Crippen LogP) is 4.24. The second kappa shape index (κ2) is 7.77. The molecule has 1 aliphatic heterocycles. The zero-order valence-electron chi connectivity index (χ0n) is 14.6. The Hall–Kier alpha value is -2.64. The maximum atomic E-state index is 13.0. The first-order valence-corrected chi connectivity index (χ1v) is 9.73. The van der Waals surface area contributed by atoms with Crippen LogP contribution >= 0.6 is 27.5 Å². The molecule has 0 N–H and O–H groups in total. The Morgan fingerprint density at radius 2 is 2.00 bits per heavy atom. The fraction of sp³-hybridized carbons (Fsp3) is 0.150. The summed E-state index contributed by atoms with van der Waals surface area (Å²) in [5, 5.41) is 6.57. The molecule has 4 rings (SSSR count). The molecule has 0 spiro atoms. The van der Waals surface area contributed by atoms with Gasteiger partial charge < -0.3 is 8.98 Å². The van der Waals surface area contributed by atoms with Gasteiger partial charge >= 0.3 is 0 Å². The third kappa shape index (κ3) is 3.81. The third-order valence-corrected chi connectivity index (χ3v) is 5.19. The summed E-state index contributed by atoms with van der Waals surface area (Å²) in [5.41, 5.74) is 1.39. The number of aromatic nitrogens is 1. The van der Waals surface area contributed by atoms with Crippen LogP contribution in [-0.2, 0) is 11.3 Å². The van der Waals surface area contributed by atoms with Crippen LogP contribution in [0.1, 0.15) is 23.8 Å². The Labute approximate surface area is 174 Å². The number of carbonyl (C=O) groups excluding carboxylic acids is 1. The van der Waals surface area contributed by atoms with E-state index in [9.17, 15) is 9.59 Å². The summed E-state index contributed by atoms with van der Waals surface area (Å²) in [4.78, 5) is 25.1. The lowest BCUT2D eigenvalue weighted by molar-refractivity contribution is -0.134. The molecule has 0 fully saturated rings. The quantitative estimate of drug-likeness (QED) is 0.585. The molecular formula is C20H15BrClN3O3. The van der Waals surface area contributed by atoms with E-state index in [2.05, 4.69) is 21.0 Å². The molecule has 3 aromatic rings. The summed E-state index contributed by atoms with van der Waals surface area (Å²) in [5.74, 6) is 0.341. The van der Waals surface area contributed by atoms with Crippen molar-refractivity contribution in [2.45, 2.75) is 19.0 Å². The summed E-state index contributed by atoms with van der Waals surface area (Å²) in [6.07, 6.45) is 3.66. The van der Waals surface area contributed by atoms with Crippen LogP contribution in [0.5, 0.6) is 0 Å². The smallest absolute Gasteiger partial charge is 0.263 e. The SMILES string of the molecule is O=C(Cn1cc(Br)ccc1=O)N1N=C(c2ccc(Cl)cc2)CC1c1ccco1. The van der Waals surface area contributed by atoms with E-state index in [0.717, 1.165) is 11.3 Å².